The van der Waals surface area contributed by atoms with Gasteiger partial charge in [-0.2, -0.15) is 0 Å². The van der Waals surface area contributed by atoms with Crippen LogP contribution in [-0.4, -0.2) is 66.0 Å². The van der Waals surface area contributed by atoms with Gasteiger partial charge in [0.25, 0.3) is 0 Å². The molecule has 0 aliphatic rings. The number of aliphatic hydroxyl groups is 8. The van der Waals surface area contributed by atoms with Gasteiger partial charge in [0.2, 0.25) is 0 Å². The summed E-state index contributed by atoms with van der Waals surface area (Å²) in [5.74, 6) is 0. The molecule has 0 aliphatic heterocycles. The third-order valence-electron chi connectivity index (χ3n) is 16.3. The molecule has 0 fully saturated rings. The van der Waals surface area contributed by atoms with E-state index in [4.69, 9.17) is 0 Å². The molecule has 0 bridgehead atoms. The van der Waals surface area contributed by atoms with E-state index in [1.807, 2.05) is 364 Å². The fraction of sp³-hybridized carbons (Fsp3) is 0.100. The molecule has 12 rings (SSSR count). The summed E-state index contributed by atoms with van der Waals surface area (Å²) >= 11 is 0. The average Bonchev–Trinajstić information content (AvgIpc) is 1.84. The maximum atomic E-state index is 10.4. The van der Waals surface area contributed by atoms with E-state index in [1.165, 1.54) is 0 Å². The summed E-state index contributed by atoms with van der Waals surface area (Å²) < 4.78 is 0. The van der Waals surface area contributed by atoms with Crippen LogP contribution in [0.5, 0.6) is 0 Å². The first-order valence-electron chi connectivity index (χ1n) is 29.1. The molecule has 0 saturated carbocycles. The molecule has 8 nitrogen and oxygen atoms in total. The normalized spacial score (nSPS) is 11.3. The summed E-state index contributed by atoms with van der Waals surface area (Å²) in [6, 6.07) is 115. The Morgan fingerprint density at radius 1 is 0.133 bits per heavy atom. The van der Waals surface area contributed by atoms with E-state index in [-0.39, 0.29) is 39.0 Å². The Hall–Kier alpha value is -8.43. The van der Waals surface area contributed by atoms with Crippen LogP contribution >= 0.6 is 0 Å². The molecule has 2 radical (unpaired) electrons. The first-order valence-corrected chi connectivity index (χ1v) is 29.1. The molecular weight excluding hydrogens is 1290 g/mol. The van der Waals surface area contributed by atoms with Gasteiger partial charge < -0.3 is 40.9 Å². The second-order valence-electron chi connectivity index (χ2n) is 21.1. The summed E-state index contributed by atoms with van der Waals surface area (Å²) in [7, 11) is 0. The predicted octanol–water partition coefficient (Wildman–Crippen LogP) is 13.3. The van der Waals surface area contributed by atoms with E-state index in [9.17, 15) is 40.9 Å². The van der Waals surface area contributed by atoms with Gasteiger partial charge in [-0.15, -0.1) is 0 Å². The van der Waals surface area contributed by atoms with Gasteiger partial charge in [-0.25, -0.2) is 0 Å². The molecule has 0 aliphatic carbocycles. The van der Waals surface area contributed by atoms with Gasteiger partial charge in [0.1, 0.15) is 0 Å². The predicted molar refractivity (Wildman–Crippen MR) is 350 cm³/mol. The zero-order chi connectivity index (χ0) is 61.7. The van der Waals surface area contributed by atoms with Gasteiger partial charge in [0.05, 0.1) is 21.7 Å². The van der Waals surface area contributed by atoms with Crippen molar-refractivity contribution in [3.05, 3.63) is 431 Å². The van der Waals surface area contributed by atoms with E-state index in [2.05, 4.69) is 0 Å². The summed E-state index contributed by atoms with van der Waals surface area (Å²) in [6.45, 7) is 0. The summed E-state index contributed by atoms with van der Waals surface area (Å²) in [5.41, 5.74) is 6.15. The molecule has 10 heteroatoms. The second-order valence-corrected chi connectivity index (χ2v) is 21.1. The van der Waals surface area contributed by atoms with Crippen LogP contribution in [0.25, 0.3) is 0 Å². The van der Waals surface area contributed by atoms with Crippen LogP contribution in [0.15, 0.2) is 364 Å². The minimum Gasteiger partial charge on any atom is -0.367 e. The van der Waals surface area contributed by atoms with Gasteiger partial charge in [0, 0.05) is 39.0 Å². The molecule has 0 amide bonds. The van der Waals surface area contributed by atoms with Crippen molar-refractivity contribution >= 4 is 0 Å². The Morgan fingerprint density at radius 3 is 0.256 bits per heavy atom. The molecule has 90 heavy (non-hydrogen) atoms. The summed E-state index contributed by atoms with van der Waals surface area (Å²) in [6.07, 6.45) is -6.22. The van der Waals surface area contributed by atoms with Gasteiger partial charge in [-0.05, 0) is 66.8 Å². The fourth-order valence-corrected chi connectivity index (χ4v) is 12.2. The molecule has 12 aromatic rings. The molecule has 0 heterocycles. The zero-order valence-electron chi connectivity index (χ0n) is 49.2. The minimum absolute atomic E-state index is 0. The van der Waals surface area contributed by atoms with Crippen molar-refractivity contribution in [2.45, 2.75) is 46.8 Å². The number of rotatable bonds is 16. The average molecular weight is 1370 g/mol. The largest absolute Gasteiger partial charge is 0.367 e. The molecule has 0 saturated heterocycles. The first kappa shape index (κ1) is 69.0. The molecule has 0 aromatic heterocycles. The standard InChI is InChI=1S/4C20H18O2.2Rh/c4*21-19(22)20(16-10-4-1-5-11-16,17-12-6-2-7-13-17)18-14-8-3-9-15-18;;/h4*1-15,19,21-22H;;. The molecule has 0 unspecified atom stereocenters. The molecule has 458 valence electrons. The van der Waals surface area contributed by atoms with Crippen molar-refractivity contribution in [2.24, 2.45) is 0 Å². The summed E-state index contributed by atoms with van der Waals surface area (Å²) in [4.78, 5) is 0. The monoisotopic (exact) mass is 1370 g/mol. The van der Waals surface area contributed by atoms with Gasteiger partial charge >= 0.3 is 0 Å². The van der Waals surface area contributed by atoms with Gasteiger partial charge in [0.15, 0.2) is 25.2 Å². The van der Waals surface area contributed by atoms with Crippen LogP contribution in [0.3, 0.4) is 0 Å². The van der Waals surface area contributed by atoms with Crippen molar-refractivity contribution in [3.63, 3.8) is 0 Å². The minimum atomic E-state index is -1.56. The maximum absolute atomic E-state index is 10.4. The van der Waals surface area contributed by atoms with Gasteiger partial charge in [-0.3, -0.25) is 0 Å². The Labute approximate surface area is 553 Å². The van der Waals surface area contributed by atoms with E-state index in [0.717, 1.165) is 66.8 Å². The Balaban J connectivity index is 0.000000169. The van der Waals surface area contributed by atoms with Crippen LogP contribution in [0, 0.1) is 0 Å². The van der Waals surface area contributed by atoms with E-state index < -0.39 is 46.8 Å². The van der Waals surface area contributed by atoms with E-state index >= 15 is 0 Å². The second kappa shape index (κ2) is 33.4. The van der Waals surface area contributed by atoms with Crippen molar-refractivity contribution in [3.8, 4) is 0 Å². The number of hydrogen-bond donors (Lipinski definition) is 8. The first-order chi connectivity index (χ1) is 43.0. The molecule has 12 aromatic carbocycles. The van der Waals surface area contributed by atoms with E-state index in [1.54, 1.807) is 0 Å². The Morgan fingerprint density at radius 2 is 0.200 bits per heavy atom. The maximum Gasteiger partial charge on any atom is 0.169 e. The molecule has 8 N–H and O–H groups in total. The third kappa shape index (κ3) is 14.6. The third-order valence-corrected chi connectivity index (χ3v) is 16.3. The number of hydrogen-bond acceptors (Lipinski definition) is 8. The van der Waals surface area contributed by atoms with Crippen LogP contribution in [0.2, 0.25) is 0 Å². The Bertz CT molecular complexity index is 2980. The summed E-state index contributed by atoms with van der Waals surface area (Å²) in [5, 5.41) is 83.0. The quantitative estimate of drug-likeness (QED) is 0.0269. The fourth-order valence-electron chi connectivity index (χ4n) is 12.2. The van der Waals surface area contributed by atoms with Crippen LogP contribution in [-0.2, 0) is 60.6 Å². The Kier molecular flexibility index (Phi) is 25.6. The van der Waals surface area contributed by atoms with Crippen molar-refractivity contribution in [1.82, 2.24) is 0 Å². The van der Waals surface area contributed by atoms with Crippen LogP contribution in [0.1, 0.15) is 66.8 Å². The molecule has 0 spiro atoms. The van der Waals surface area contributed by atoms with E-state index in [0.29, 0.717) is 0 Å². The zero-order valence-corrected chi connectivity index (χ0v) is 52.5. The molecular formula is C80H72O8Rh2. The van der Waals surface area contributed by atoms with Crippen molar-refractivity contribution < 1.29 is 79.8 Å². The van der Waals surface area contributed by atoms with Crippen molar-refractivity contribution in [1.29, 1.82) is 0 Å². The number of benzene rings is 12. The smallest absolute Gasteiger partial charge is 0.169 e. The van der Waals surface area contributed by atoms with Gasteiger partial charge in [-0.1, -0.05) is 364 Å². The number of aliphatic hydroxyl groups excluding tert-OH is 4. The van der Waals surface area contributed by atoms with Crippen LogP contribution in [0.4, 0.5) is 0 Å². The topological polar surface area (TPSA) is 162 Å². The van der Waals surface area contributed by atoms with Crippen LogP contribution < -0.4 is 0 Å². The van der Waals surface area contributed by atoms with Crippen molar-refractivity contribution in [2.75, 3.05) is 0 Å². The molecule has 0 atom stereocenters. The SMILES string of the molecule is OC(O)C(c1ccccc1)(c1ccccc1)c1ccccc1.OC(O)C(c1ccccc1)(c1ccccc1)c1ccccc1.OC(O)C(c1ccccc1)(c1ccccc1)c1ccccc1.OC(O)C(c1ccccc1)(c1ccccc1)c1ccccc1.[Rh].[Rh].